The molecule has 1 aromatic carbocycles. The van der Waals surface area contributed by atoms with Gasteiger partial charge in [0.2, 0.25) is 0 Å². The van der Waals surface area contributed by atoms with Crippen LogP contribution in [-0.2, 0) is 6.42 Å². The molecule has 4 rings (SSSR count). The maximum Gasteiger partial charge on any atom is 0.137 e. The van der Waals surface area contributed by atoms with Gasteiger partial charge in [0.05, 0.1) is 5.69 Å². The predicted molar refractivity (Wildman–Crippen MR) is 103 cm³/mol. The first kappa shape index (κ1) is 15.7. The van der Waals surface area contributed by atoms with Crippen molar-refractivity contribution in [2.75, 3.05) is 5.32 Å². The summed E-state index contributed by atoms with van der Waals surface area (Å²) < 4.78 is 0. The monoisotopic (exact) mass is 348 g/mol. The number of aromatic amines is 1. The summed E-state index contributed by atoms with van der Waals surface area (Å²) in [6, 6.07) is 20.1. The quantitative estimate of drug-likeness (QED) is 0.400. The molecule has 0 aliphatic heterocycles. The van der Waals surface area contributed by atoms with Gasteiger partial charge >= 0.3 is 0 Å². The third-order valence-electron chi connectivity index (χ3n) is 4.05. The summed E-state index contributed by atoms with van der Waals surface area (Å²) in [5.41, 5.74) is 3.76. The van der Waals surface area contributed by atoms with E-state index >= 15 is 0 Å². The van der Waals surface area contributed by atoms with Gasteiger partial charge in [-0.25, -0.2) is 9.97 Å². The Morgan fingerprint density at radius 1 is 1.00 bits per heavy atom. The molecule has 0 saturated carbocycles. The first-order chi connectivity index (χ1) is 12.3. The van der Waals surface area contributed by atoms with E-state index in [9.17, 15) is 0 Å². The van der Waals surface area contributed by atoms with E-state index < -0.39 is 0 Å². The summed E-state index contributed by atoms with van der Waals surface area (Å²) >= 11 is 6.46. The van der Waals surface area contributed by atoms with E-state index in [0.717, 1.165) is 34.5 Å². The van der Waals surface area contributed by atoms with E-state index in [-0.39, 0.29) is 5.50 Å². The predicted octanol–water partition coefficient (Wildman–Crippen LogP) is 4.84. The summed E-state index contributed by atoms with van der Waals surface area (Å²) in [6.07, 6.45) is 4.40. The molecule has 0 fully saturated rings. The fourth-order valence-electron chi connectivity index (χ4n) is 2.88. The van der Waals surface area contributed by atoms with Gasteiger partial charge in [0.25, 0.3) is 0 Å². The molecule has 0 bridgehead atoms. The van der Waals surface area contributed by atoms with E-state index in [2.05, 4.69) is 27.4 Å². The van der Waals surface area contributed by atoms with Gasteiger partial charge in [0.15, 0.2) is 0 Å². The average Bonchev–Trinajstić information content (AvgIpc) is 3.11. The molecule has 2 N–H and O–H groups in total. The van der Waals surface area contributed by atoms with Crippen molar-refractivity contribution >= 4 is 28.5 Å². The number of alkyl halides is 1. The van der Waals surface area contributed by atoms with Gasteiger partial charge in [-0.2, -0.15) is 0 Å². The normalized spacial score (nSPS) is 12.2. The third kappa shape index (κ3) is 3.49. The largest absolute Gasteiger partial charge is 0.354 e. The molecule has 1 unspecified atom stereocenters. The zero-order valence-corrected chi connectivity index (χ0v) is 14.2. The second-order valence-electron chi connectivity index (χ2n) is 5.81. The van der Waals surface area contributed by atoms with Crippen LogP contribution in [-0.4, -0.2) is 20.5 Å². The molecule has 25 heavy (non-hydrogen) atoms. The highest BCUT2D eigenvalue weighted by molar-refractivity contribution is 6.21. The van der Waals surface area contributed by atoms with Crippen molar-refractivity contribution in [2.24, 2.45) is 0 Å². The second kappa shape index (κ2) is 6.95. The number of hydrogen-bond donors (Lipinski definition) is 2. The van der Waals surface area contributed by atoms with Crippen LogP contribution in [0.4, 0.5) is 5.82 Å². The van der Waals surface area contributed by atoms with Crippen LogP contribution in [0.15, 0.2) is 73.1 Å². The molecule has 124 valence electrons. The van der Waals surface area contributed by atoms with Crippen LogP contribution in [0.25, 0.3) is 22.3 Å². The molecule has 0 radical (unpaired) electrons. The van der Waals surface area contributed by atoms with E-state index in [1.807, 2.05) is 54.7 Å². The molecule has 3 aromatic heterocycles. The Bertz CT molecular complexity index is 981. The Labute approximate surface area is 150 Å². The van der Waals surface area contributed by atoms with Crippen LogP contribution in [0, 0.1) is 0 Å². The van der Waals surface area contributed by atoms with Gasteiger partial charge in [-0.15, -0.1) is 0 Å². The van der Waals surface area contributed by atoms with Crippen LogP contribution in [0.3, 0.4) is 0 Å². The van der Waals surface area contributed by atoms with Gasteiger partial charge in [0, 0.05) is 29.8 Å². The maximum absolute atomic E-state index is 6.46. The Kier molecular flexibility index (Phi) is 4.36. The smallest absolute Gasteiger partial charge is 0.137 e. The van der Waals surface area contributed by atoms with E-state index in [0.29, 0.717) is 0 Å². The van der Waals surface area contributed by atoms with Crippen LogP contribution >= 0.6 is 11.6 Å². The lowest BCUT2D eigenvalue weighted by Crippen LogP contribution is -2.16. The molecule has 0 aliphatic carbocycles. The van der Waals surface area contributed by atoms with Crippen LogP contribution in [0.2, 0.25) is 0 Å². The molecule has 1 atom stereocenters. The molecule has 3 heterocycles. The van der Waals surface area contributed by atoms with Gasteiger partial charge < -0.3 is 10.3 Å². The topological polar surface area (TPSA) is 53.6 Å². The fraction of sp³-hybridized carbons (Fsp3) is 0.100. The van der Waals surface area contributed by atoms with E-state index in [1.165, 1.54) is 5.56 Å². The van der Waals surface area contributed by atoms with E-state index in [1.54, 1.807) is 6.20 Å². The third-order valence-corrected chi connectivity index (χ3v) is 4.31. The maximum atomic E-state index is 6.46. The lowest BCUT2D eigenvalue weighted by atomic mass is 10.1. The zero-order chi connectivity index (χ0) is 17.1. The van der Waals surface area contributed by atoms with Crippen LogP contribution in [0.1, 0.15) is 5.56 Å². The van der Waals surface area contributed by atoms with Crippen LogP contribution in [0.5, 0.6) is 0 Å². The summed E-state index contributed by atoms with van der Waals surface area (Å²) in [4.78, 5) is 12.2. The minimum absolute atomic E-state index is 0.227. The standard InChI is InChI=1S/C20H17ClN4/c21-18(13-14-5-2-1-3-6-14)25-19-8-4-7-17(24-19)15-9-11-22-20-16(15)10-12-23-20/h1-12,18H,13H2,(H,22,23)(H,24,25). The van der Waals surface area contributed by atoms with Crippen molar-refractivity contribution in [1.29, 1.82) is 0 Å². The molecular formula is C20H17ClN4. The highest BCUT2D eigenvalue weighted by atomic mass is 35.5. The molecule has 5 heteroatoms. The molecule has 0 aliphatic rings. The number of hydrogen-bond acceptors (Lipinski definition) is 3. The van der Waals surface area contributed by atoms with Crippen molar-refractivity contribution in [3.63, 3.8) is 0 Å². The zero-order valence-electron chi connectivity index (χ0n) is 13.5. The first-order valence-corrected chi connectivity index (χ1v) is 8.57. The average molecular weight is 349 g/mol. The number of anilines is 1. The van der Waals surface area contributed by atoms with Gasteiger partial charge in [-0.05, 0) is 29.8 Å². The number of nitrogens with one attached hydrogen (secondary N) is 2. The highest BCUT2D eigenvalue weighted by Crippen LogP contribution is 2.26. The second-order valence-corrected chi connectivity index (χ2v) is 6.33. The number of halogens is 1. The summed E-state index contributed by atoms with van der Waals surface area (Å²) in [5.74, 6) is 0.758. The Morgan fingerprint density at radius 3 is 2.76 bits per heavy atom. The van der Waals surface area contributed by atoms with Gasteiger partial charge in [-0.1, -0.05) is 48.0 Å². The number of benzene rings is 1. The summed E-state index contributed by atoms with van der Waals surface area (Å²) in [7, 11) is 0. The van der Waals surface area contributed by atoms with Crippen molar-refractivity contribution in [3.05, 3.63) is 78.6 Å². The Balaban J connectivity index is 1.56. The van der Waals surface area contributed by atoms with Crippen molar-refractivity contribution in [3.8, 4) is 11.3 Å². The molecule has 4 aromatic rings. The number of H-pyrrole nitrogens is 1. The number of aromatic nitrogens is 3. The number of pyridine rings is 2. The minimum Gasteiger partial charge on any atom is -0.354 e. The van der Waals surface area contributed by atoms with Crippen LogP contribution < -0.4 is 5.32 Å². The minimum atomic E-state index is -0.227. The lowest BCUT2D eigenvalue weighted by Gasteiger charge is -2.13. The highest BCUT2D eigenvalue weighted by Gasteiger charge is 2.10. The SMILES string of the molecule is ClC(Cc1ccccc1)Nc1cccc(-c2ccnc3[nH]ccc23)n1. The molecule has 0 saturated heterocycles. The molecule has 4 nitrogen and oxygen atoms in total. The Morgan fingerprint density at radius 2 is 1.88 bits per heavy atom. The summed E-state index contributed by atoms with van der Waals surface area (Å²) in [5, 5.41) is 4.33. The molecule has 0 amide bonds. The van der Waals surface area contributed by atoms with Crippen molar-refractivity contribution in [2.45, 2.75) is 11.9 Å². The first-order valence-electron chi connectivity index (χ1n) is 8.14. The Hall–Kier alpha value is -2.85. The van der Waals surface area contributed by atoms with Gasteiger partial charge in [-0.3, -0.25) is 0 Å². The number of fused-ring (bicyclic) bond motifs is 1. The van der Waals surface area contributed by atoms with E-state index in [4.69, 9.17) is 16.6 Å². The molecular weight excluding hydrogens is 332 g/mol. The van der Waals surface area contributed by atoms with Gasteiger partial charge in [0.1, 0.15) is 17.0 Å². The fourth-order valence-corrected chi connectivity index (χ4v) is 3.17. The summed E-state index contributed by atoms with van der Waals surface area (Å²) in [6.45, 7) is 0. The molecule has 0 spiro atoms. The van der Waals surface area contributed by atoms with Crippen molar-refractivity contribution < 1.29 is 0 Å². The number of nitrogens with zero attached hydrogens (tertiary/aromatic N) is 2. The number of rotatable bonds is 5. The lowest BCUT2D eigenvalue weighted by molar-refractivity contribution is 0.935. The van der Waals surface area contributed by atoms with Crippen molar-refractivity contribution in [1.82, 2.24) is 15.0 Å².